The van der Waals surface area contributed by atoms with Gasteiger partial charge in [-0.25, -0.2) is 4.39 Å². The molecule has 2 atom stereocenters. The monoisotopic (exact) mass is 420 g/mol. The summed E-state index contributed by atoms with van der Waals surface area (Å²) < 4.78 is 14.8. The van der Waals surface area contributed by atoms with Gasteiger partial charge in [-0.15, -0.1) is 0 Å². The number of carbonyl (C=O) groups excluding carboxylic acids is 1. The van der Waals surface area contributed by atoms with Crippen molar-refractivity contribution in [2.45, 2.75) is 19.0 Å². The number of likely N-dealkylation sites (tertiary alicyclic amines) is 1. The average Bonchev–Trinajstić information content (AvgIpc) is 3.20. The van der Waals surface area contributed by atoms with Gasteiger partial charge in [0.1, 0.15) is 11.4 Å². The highest BCUT2D eigenvalue weighted by Gasteiger charge is 2.32. The Morgan fingerprint density at radius 2 is 2.13 bits per heavy atom. The van der Waals surface area contributed by atoms with Crippen molar-refractivity contribution in [3.63, 3.8) is 0 Å². The summed E-state index contributed by atoms with van der Waals surface area (Å²) in [6.45, 7) is 1.90. The SMILES string of the molecule is N#C[C@H]1CN(Cc2cnccn2)CC[C@@H]1n1cc(C(N)=O)c(Nc2ccc(F)cc2)n1. The quantitative estimate of drug-likeness (QED) is 0.626. The Labute approximate surface area is 178 Å². The van der Waals surface area contributed by atoms with Gasteiger partial charge in [-0.2, -0.15) is 10.4 Å². The van der Waals surface area contributed by atoms with E-state index in [1.165, 1.54) is 12.1 Å². The number of nitrogens with zero attached hydrogens (tertiary/aromatic N) is 6. The zero-order chi connectivity index (χ0) is 21.8. The first kappa shape index (κ1) is 20.4. The number of carbonyl (C=O) groups is 1. The summed E-state index contributed by atoms with van der Waals surface area (Å²) in [7, 11) is 0. The van der Waals surface area contributed by atoms with Crippen LogP contribution >= 0.6 is 0 Å². The normalized spacial score (nSPS) is 19.0. The van der Waals surface area contributed by atoms with Gasteiger partial charge in [-0.05, 0) is 30.7 Å². The number of hydrogen-bond acceptors (Lipinski definition) is 7. The Bertz CT molecular complexity index is 1090. The summed E-state index contributed by atoms with van der Waals surface area (Å²) in [5.74, 6) is -1.05. The van der Waals surface area contributed by atoms with Crippen molar-refractivity contribution in [3.8, 4) is 6.07 Å². The van der Waals surface area contributed by atoms with Gasteiger partial charge in [0.05, 0.1) is 23.7 Å². The minimum absolute atomic E-state index is 0.204. The zero-order valence-electron chi connectivity index (χ0n) is 16.6. The molecule has 1 aliphatic heterocycles. The van der Waals surface area contributed by atoms with Crippen molar-refractivity contribution in [1.29, 1.82) is 5.26 Å². The van der Waals surface area contributed by atoms with Gasteiger partial charge >= 0.3 is 0 Å². The highest BCUT2D eigenvalue weighted by atomic mass is 19.1. The van der Waals surface area contributed by atoms with Crippen LogP contribution in [-0.4, -0.2) is 43.6 Å². The van der Waals surface area contributed by atoms with E-state index in [0.29, 0.717) is 25.2 Å². The van der Waals surface area contributed by atoms with Gasteiger partial charge < -0.3 is 11.1 Å². The topological polar surface area (TPSA) is 126 Å². The molecule has 0 aliphatic carbocycles. The number of aromatic nitrogens is 4. The second-order valence-electron chi connectivity index (χ2n) is 7.39. The molecule has 1 fully saturated rings. The first-order valence-corrected chi connectivity index (χ1v) is 9.82. The molecule has 2 aromatic heterocycles. The molecule has 31 heavy (non-hydrogen) atoms. The number of anilines is 2. The second kappa shape index (κ2) is 8.89. The molecule has 9 nitrogen and oxygen atoms in total. The molecule has 10 heteroatoms. The molecule has 0 bridgehead atoms. The van der Waals surface area contributed by atoms with Crippen LogP contribution in [0.3, 0.4) is 0 Å². The van der Waals surface area contributed by atoms with Crippen molar-refractivity contribution >= 4 is 17.4 Å². The van der Waals surface area contributed by atoms with Gasteiger partial charge in [0.2, 0.25) is 0 Å². The molecule has 3 heterocycles. The number of hydrogen-bond donors (Lipinski definition) is 2. The van der Waals surface area contributed by atoms with E-state index in [2.05, 4.69) is 31.4 Å². The standard InChI is InChI=1S/C21H21FN8O/c22-15-1-3-16(4-2-15)27-21-18(20(24)31)13-30(28-21)19-5-8-29(11-14(19)9-23)12-17-10-25-6-7-26-17/h1-4,6-7,10,13-14,19H,5,8,11-12H2,(H2,24,31)(H,27,28)/t14-,19-/m0/s1. The summed E-state index contributed by atoms with van der Waals surface area (Å²) >= 11 is 0. The number of benzene rings is 1. The van der Waals surface area contributed by atoms with E-state index in [-0.39, 0.29) is 29.2 Å². The fourth-order valence-corrected chi connectivity index (χ4v) is 3.74. The molecule has 1 aromatic carbocycles. The Morgan fingerprint density at radius 1 is 1.32 bits per heavy atom. The zero-order valence-corrected chi connectivity index (χ0v) is 16.6. The Kier molecular flexibility index (Phi) is 5.86. The highest BCUT2D eigenvalue weighted by Crippen LogP contribution is 2.30. The Morgan fingerprint density at radius 3 is 2.81 bits per heavy atom. The molecule has 1 saturated heterocycles. The number of amides is 1. The van der Waals surface area contributed by atoms with Crippen LogP contribution < -0.4 is 11.1 Å². The van der Waals surface area contributed by atoms with E-state index in [1.807, 2.05) is 0 Å². The van der Waals surface area contributed by atoms with Gasteiger partial charge in [0, 0.05) is 50.1 Å². The van der Waals surface area contributed by atoms with E-state index >= 15 is 0 Å². The summed E-state index contributed by atoms with van der Waals surface area (Å²) in [5.41, 5.74) is 7.16. The number of halogens is 1. The van der Waals surface area contributed by atoms with Crippen molar-refractivity contribution in [3.05, 3.63) is 66.1 Å². The van der Waals surface area contributed by atoms with Crippen LogP contribution in [0.1, 0.15) is 28.5 Å². The molecule has 158 valence electrons. The van der Waals surface area contributed by atoms with Crippen LogP contribution in [0.15, 0.2) is 49.1 Å². The van der Waals surface area contributed by atoms with Crippen molar-refractivity contribution < 1.29 is 9.18 Å². The minimum atomic E-state index is -0.635. The predicted octanol–water partition coefficient (Wildman–Crippen LogP) is 2.24. The van der Waals surface area contributed by atoms with Gasteiger partial charge in [-0.1, -0.05) is 0 Å². The van der Waals surface area contributed by atoms with Crippen LogP contribution in [0.4, 0.5) is 15.9 Å². The van der Waals surface area contributed by atoms with Gasteiger partial charge in [0.15, 0.2) is 5.82 Å². The number of nitrogens with two attached hydrogens (primary N) is 1. The third-order valence-electron chi connectivity index (χ3n) is 5.27. The highest BCUT2D eigenvalue weighted by molar-refractivity contribution is 5.98. The number of primary amides is 1. The van der Waals surface area contributed by atoms with E-state index in [1.54, 1.807) is 41.6 Å². The fraction of sp³-hybridized carbons (Fsp3) is 0.286. The molecular weight excluding hydrogens is 399 g/mol. The minimum Gasteiger partial charge on any atom is -0.365 e. The molecule has 3 aromatic rings. The molecule has 0 unspecified atom stereocenters. The summed E-state index contributed by atoms with van der Waals surface area (Å²) in [4.78, 5) is 22.5. The number of rotatable bonds is 6. The van der Waals surface area contributed by atoms with Crippen LogP contribution in [0.2, 0.25) is 0 Å². The second-order valence-corrected chi connectivity index (χ2v) is 7.39. The molecular formula is C21H21FN8O. The average molecular weight is 420 g/mol. The van der Waals surface area contributed by atoms with Crippen LogP contribution in [0.25, 0.3) is 0 Å². The summed E-state index contributed by atoms with van der Waals surface area (Å²) in [6.07, 6.45) is 7.23. The lowest BCUT2D eigenvalue weighted by molar-refractivity contribution is 0.100. The van der Waals surface area contributed by atoms with Crippen molar-refractivity contribution in [2.75, 3.05) is 18.4 Å². The van der Waals surface area contributed by atoms with E-state index in [0.717, 1.165) is 12.2 Å². The molecule has 0 saturated carbocycles. The first-order valence-electron chi connectivity index (χ1n) is 9.82. The van der Waals surface area contributed by atoms with E-state index < -0.39 is 5.91 Å². The third-order valence-corrected chi connectivity index (χ3v) is 5.27. The number of nitriles is 1. The molecule has 1 amide bonds. The molecule has 0 radical (unpaired) electrons. The van der Waals surface area contributed by atoms with Gasteiger partial charge in [-0.3, -0.25) is 24.3 Å². The molecule has 3 N–H and O–H groups in total. The number of piperidine rings is 1. The van der Waals surface area contributed by atoms with Crippen molar-refractivity contribution in [2.24, 2.45) is 11.7 Å². The Hall–Kier alpha value is -3.84. The van der Waals surface area contributed by atoms with E-state index in [9.17, 15) is 14.4 Å². The Balaban J connectivity index is 1.52. The summed E-state index contributed by atoms with van der Waals surface area (Å²) in [6, 6.07) is 7.86. The maximum Gasteiger partial charge on any atom is 0.254 e. The van der Waals surface area contributed by atoms with Crippen LogP contribution in [-0.2, 0) is 6.54 Å². The molecule has 4 rings (SSSR count). The lowest BCUT2D eigenvalue weighted by atomic mass is 9.93. The first-order chi connectivity index (χ1) is 15.0. The van der Waals surface area contributed by atoms with Crippen LogP contribution in [0.5, 0.6) is 0 Å². The third kappa shape index (κ3) is 4.67. The van der Waals surface area contributed by atoms with Crippen molar-refractivity contribution in [1.82, 2.24) is 24.6 Å². The lowest BCUT2D eigenvalue weighted by Gasteiger charge is -2.35. The van der Waals surface area contributed by atoms with Crippen LogP contribution in [0, 0.1) is 23.1 Å². The van der Waals surface area contributed by atoms with Gasteiger partial charge in [0.25, 0.3) is 5.91 Å². The largest absolute Gasteiger partial charge is 0.365 e. The number of nitrogens with one attached hydrogen (secondary N) is 1. The maximum atomic E-state index is 13.2. The smallest absolute Gasteiger partial charge is 0.254 e. The van der Waals surface area contributed by atoms with E-state index in [4.69, 9.17) is 5.73 Å². The maximum absolute atomic E-state index is 13.2. The summed E-state index contributed by atoms with van der Waals surface area (Å²) in [5, 5.41) is 17.3. The predicted molar refractivity (Wildman–Crippen MR) is 110 cm³/mol. The molecule has 0 spiro atoms. The molecule has 1 aliphatic rings. The fourth-order valence-electron chi connectivity index (χ4n) is 3.74. The lowest BCUT2D eigenvalue weighted by Crippen LogP contribution is -2.40.